The van der Waals surface area contributed by atoms with Gasteiger partial charge >= 0.3 is 5.97 Å². The van der Waals surface area contributed by atoms with E-state index in [0.29, 0.717) is 5.41 Å². The van der Waals surface area contributed by atoms with Gasteiger partial charge in [0.15, 0.2) is 0 Å². The molecule has 2 heteroatoms. The van der Waals surface area contributed by atoms with Crippen LogP contribution in [0.5, 0.6) is 0 Å². The van der Waals surface area contributed by atoms with Crippen LogP contribution in [0.1, 0.15) is 72.1 Å². The fraction of sp³-hybridized carbons (Fsp3) is 0.933. The number of esters is 1. The number of hydrogen-bond acceptors (Lipinski definition) is 2. The summed E-state index contributed by atoms with van der Waals surface area (Å²) in [7, 11) is 0. The van der Waals surface area contributed by atoms with E-state index in [2.05, 4.69) is 0 Å². The van der Waals surface area contributed by atoms with Gasteiger partial charge in [-0.25, -0.2) is 0 Å². The van der Waals surface area contributed by atoms with Crippen LogP contribution in [0.15, 0.2) is 0 Å². The summed E-state index contributed by atoms with van der Waals surface area (Å²) >= 11 is 0. The molecule has 0 bridgehead atoms. The van der Waals surface area contributed by atoms with Gasteiger partial charge in [0.05, 0.1) is 5.92 Å². The van der Waals surface area contributed by atoms with Crippen LogP contribution < -0.4 is 0 Å². The lowest BCUT2D eigenvalue weighted by molar-refractivity contribution is -0.164. The fourth-order valence-corrected chi connectivity index (χ4v) is 3.73. The summed E-state index contributed by atoms with van der Waals surface area (Å²) in [6.45, 7) is 5.90. The minimum Gasteiger partial charge on any atom is -0.460 e. The zero-order valence-electron chi connectivity index (χ0n) is 11.6. The third-order valence-electron chi connectivity index (χ3n) is 4.45. The van der Waals surface area contributed by atoms with E-state index in [9.17, 15) is 4.79 Å². The summed E-state index contributed by atoms with van der Waals surface area (Å²) in [6, 6.07) is 0. The quantitative estimate of drug-likeness (QED) is 0.643. The van der Waals surface area contributed by atoms with Gasteiger partial charge in [0.2, 0.25) is 0 Å². The molecule has 0 saturated heterocycles. The second-order valence-corrected chi connectivity index (χ2v) is 6.90. The molecule has 0 aromatic carbocycles. The minimum atomic E-state index is -0.338. The maximum Gasteiger partial charge on any atom is 0.310 e. The molecule has 0 N–H and O–H groups in total. The normalized spacial score (nSPS) is 28.3. The lowest BCUT2D eigenvalue weighted by Crippen LogP contribution is -2.37. The molecule has 0 aliphatic heterocycles. The van der Waals surface area contributed by atoms with Crippen molar-refractivity contribution in [3.63, 3.8) is 0 Å². The molecule has 1 unspecified atom stereocenters. The monoisotopic (exact) mass is 238 g/mol. The molecule has 2 aliphatic rings. The maximum atomic E-state index is 12.3. The summed E-state index contributed by atoms with van der Waals surface area (Å²) in [6.07, 6.45) is 9.96. The zero-order valence-corrected chi connectivity index (χ0v) is 11.6. The van der Waals surface area contributed by atoms with Gasteiger partial charge < -0.3 is 4.74 Å². The van der Waals surface area contributed by atoms with Crippen LogP contribution in [0.25, 0.3) is 0 Å². The second-order valence-electron chi connectivity index (χ2n) is 6.90. The third-order valence-corrected chi connectivity index (χ3v) is 4.45. The molecule has 2 nitrogen and oxygen atoms in total. The molecule has 17 heavy (non-hydrogen) atoms. The van der Waals surface area contributed by atoms with E-state index in [1.54, 1.807) is 0 Å². The van der Waals surface area contributed by atoms with Crippen LogP contribution in [0.4, 0.5) is 0 Å². The van der Waals surface area contributed by atoms with Crippen LogP contribution in [0.2, 0.25) is 0 Å². The van der Waals surface area contributed by atoms with E-state index in [1.807, 2.05) is 20.8 Å². The highest BCUT2D eigenvalue weighted by molar-refractivity contribution is 5.74. The van der Waals surface area contributed by atoms with Gasteiger partial charge in [-0.15, -0.1) is 0 Å². The number of carbonyl (C=O) groups is 1. The molecule has 0 aromatic heterocycles. The fourth-order valence-electron chi connectivity index (χ4n) is 3.73. The molecular weight excluding hydrogens is 212 g/mol. The van der Waals surface area contributed by atoms with E-state index in [1.165, 1.54) is 44.9 Å². The van der Waals surface area contributed by atoms with Gasteiger partial charge in [0.1, 0.15) is 5.60 Å². The Morgan fingerprint density at radius 1 is 1.06 bits per heavy atom. The highest BCUT2D eigenvalue weighted by Gasteiger charge is 2.48. The predicted octanol–water partition coefficient (Wildman–Crippen LogP) is 4.08. The van der Waals surface area contributed by atoms with Gasteiger partial charge in [-0.2, -0.15) is 0 Å². The number of hydrogen-bond donors (Lipinski definition) is 0. The summed E-state index contributed by atoms with van der Waals surface area (Å²) in [4.78, 5) is 12.3. The lowest BCUT2D eigenvalue weighted by Gasteiger charge is -2.38. The van der Waals surface area contributed by atoms with Gasteiger partial charge in [-0.1, -0.05) is 25.7 Å². The van der Waals surface area contributed by atoms with Crippen molar-refractivity contribution in [2.45, 2.75) is 77.7 Å². The first-order chi connectivity index (χ1) is 7.93. The van der Waals surface area contributed by atoms with Gasteiger partial charge in [-0.05, 0) is 51.9 Å². The van der Waals surface area contributed by atoms with Crippen LogP contribution in [0.3, 0.4) is 0 Å². The summed E-state index contributed by atoms with van der Waals surface area (Å²) in [5.74, 6) is 0.249. The van der Waals surface area contributed by atoms with Crippen molar-refractivity contribution in [2.24, 2.45) is 11.3 Å². The molecule has 98 valence electrons. The first-order valence-corrected chi connectivity index (χ1v) is 7.16. The minimum absolute atomic E-state index is 0.0666. The molecule has 2 rings (SSSR count). The van der Waals surface area contributed by atoms with Crippen molar-refractivity contribution in [1.29, 1.82) is 0 Å². The number of ether oxygens (including phenoxy) is 1. The average Bonchev–Trinajstić information content (AvgIpc) is 2.60. The first kappa shape index (κ1) is 12.9. The average molecular weight is 238 g/mol. The highest BCUT2D eigenvalue weighted by Crippen LogP contribution is 2.53. The molecular formula is C15H26O2. The van der Waals surface area contributed by atoms with E-state index < -0.39 is 0 Å². The van der Waals surface area contributed by atoms with Crippen LogP contribution in [-0.4, -0.2) is 11.6 Å². The molecule has 0 amide bonds. The predicted molar refractivity (Wildman–Crippen MR) is 68.7 cm³/mol. The van der Waals surface area contributed by atoms with Crippen molar-refractivity contribution < 1.29 is 9.53 Å². The Hall–Kier alpha value is -0.530. The zero-order chi connectivity index (χ0) is 12.5. The van der Waals surface area contributed by atoms with E-state index in [4.69, 9.17) is 4.74 Å². The Balaban J connectivity index is 2.06. The van der Waals surface area contributed by atoms with E-state index >= 15 is 0 Å². The van der Waals surface area contributed by atoms with Crippen molar-refractivity contribution in [3.05, 3.63) is 0 Å². The van der Waals surface area contributed by atoms with Gasteiger partial charge in [0.25, 0.3) is 0 Å². The van der Waals surface area contributed by atoms with E-state index in [0.717, 1.165) is 6.42 Å². The third kappa shape index (κ3) is 2.83. The first-order valence-electron chi connectivity index (χ1n) is 7.16. The molecule has 0 aromatic rings. The number of carbonyl (C=O) groups excluding carboxylic acids is 1. The standard InChI is InChI=1S/C15H26O2/c1-14(2,3)17-13(16)12-8-7-11-15(12)9-5-4-6-10-15/h12H,4-11H2,1-3H3. The largest absolute Gasteiger partial charge is 0.460 e. The van der Waals surface area contributed by atoms with Crippen molar-refractivity contribution in [2.75, 3.05) is 0 Å². The summed E-state index contributed by atoms with van der Waals surface area (Å²) < 4.78 is 5.61. The molecule has 2 saturated carbocycles. The van der Waals surface area contributed by atoms with Gasteiger partial charge in [0, 0.05) is 0 Å². The van der Waals surface area contributed by atoms with Crippen LogP contribution >= 0.6 is 0 Å². The topological polar surface area (TPSA) is 26.3 Å². The van der Waals surface area contributed by atoms with Crippen LogP contribution in [-0.2, 0) is 9.53 Å². The SMILES string of the molecule is CC(C)(C)OC(=O)C1CCCC12CCCCC2. The smallest absolute Gasteiger partial charge is 0.310 e. The number of rotatable bonds is 1. The summed E-state index contributed by atoms with van der Waals surface area (Å²) in [5, 5.41) is 0. The Morgan fingerprint density at radius 2 is 1.65 bits per heavy atom. The lowest BCUT2D eigenvalue weighted by atomic mass is 9.67. The molecule has 0 radical (unpaired) electrons. The Kier molecular flexibility index (Phi) is 3.51. The second kappa shape index (κ2) is 4.62. The highest BCUT2D eigenvalue weighted by atomic mass is 16.6. The van der Waals surface area contributed by atoms with Crippen LogP contribution in [0, 0.1) is 11.3 Å². The molecule has 1 spiro atoms. The van der Waals surface area contributed by atoms with E-state index in [-0.39, 0.29) is 17.5 Å². The Labute approximate surface area is 105 Å². The maximum absolute atomic E-state index is 12.3. The van der Waals surface area contributed by atoms with Crippen molar-refractivity contribution >= 4 is 5.97 Å². The van der Waals surface area contributed by atoms with Gasteiger partial charge in [-0.3, -0.25) is 4.79 Å². The van der Waals surface area contributed by atoms with Crippen molar-refractivity contribution in [3.8, 4) is 0 Å². The molecule has 0 heterocycles. The molecule has 1 atom stereocenters. The van der Waals surface area contributed by atoms with Crippen molar-refractivity contribution in [1.82, 2.24) is 0 Å². The Morgan fingerprint density at radius 3 is 2.24 bits per heavy atom. The molecule has 2 fully saturated rings. The molecule has 2 aliphatic carbocycles. The summed E-state index contributed by atoms with van der Waals surface area (Å²) in [5.41, 5.74) is -0.0316. The Bertz CT molecular complexity index is 282.